The second kappa shape index (κ2) is 7.67. The number of allylic oxidation sites excluding steroid dienone is 3. The second-order valence-corrected chi connectivity index (χ2v) is 8.41. The van der Waals surface area contributed by atoms with Crippen molar-refractivity contribution in [1.29, 1.82) is 5.26 Å². The molecule has 2 unspecified atom stereocenters. The maximum atomic E-state index is 9.35. The summed E-state index contributed by atoms with van der Waals surface area (Å²) < 4.78 is 13.4. The normalized spacial score (nSPS) is 24.2. The molecule has 1 N–H and O–H groups in total. The lowest BCUT2D eigenvalue weighted by Crippen LogP contribution is -2.36. The van der Waals surface area contributed by atoms with E-state index < -0.39 is 0 Å². The van der Waals surface area contributed by atoms with Gasteiger partial charge in [-0.3, -0.25) is 4.40 Å². The van der Waals surface area contributed by atoms with Gasteiger partial charge in [-0.05, 0) is 19.4 Å². The average Bonchev–Trinajstić information content (AvgIpc) is 3.46. The summed E-state index contributed by atoms with van der Waals surface area (Å²) in [7, 11) is 0. The van der Waals surface area contributed by atoms with Crippen LogP contribution in [0.4, 0.5) is 5.82 Å². The van der Waals surface area contributed by atoms with Crippen LogP contribution in [0.15, 0.2) is 48.5 Å². The summed E-state index contributed by atoms with van der Waals surface area (Å²) in [5.41, 5.74) is 1.45. The van der Waals surface area contributed by atoms with Crippen molar-refractivity contribution in [1.82, 2.24) is 19.4 Å². The van der Waals surface area contributed by atoms with E-state index in [1.54, 1.807) is 12.4 Å². The molecule has 0 saturated carbocycles. The van der Waals surface area contributed by atoms with Crippen LogP contribution in [-0.4, -0.2) is 44.7 Å². The maximum Gasteiger partial charge on any atom is 0.236 e. The number of anilines is 1. The van der Waals surface area contributed by atoms with Crippen LogP contribution in [0.25, 0.3) is 16.7 Å². The molecule has 4 heterocycles. The monoisotopic (exact) mass is 416 g/mol. The van der Waals surface area contributed by atoms with Crippen molar-refractivity contribution in [3.8, 4) is 11.9 Å². The van der Waals surface area contributed by atoms with Crippen molar-refractivity contribution in [2.24, 2.45) is 5.41 Å². The molecule has 5 rings (SSSR count). The van der Waals surface area contributed by atoms with Crippen LogP contribution in [0.2, 0.25) is 0 Å². The van der Waals surface area contributed by atoms with Crippen molar-refractivity contribution >= 4 is 22.5 Å². The number of hydrogen-bond donors (Lipinski definition) is 1. The highest BCUT2D eigenvalue weighted by atomic mass is 16.5. The third kappa shape index (κ3) is 3.62. The van der Waals surface area contributed by atoms with E-state index in [-0.39, 0.29) is 17.6 Å². The second-order valence-electron chi connectivity index (χ2n) is 8.41. The van der Waals surface area contributed by atoms with Gasteiger partial charge in [0, 0.05) is 47.3 Å². The molecule has 1 aliphatic heterocycles. The SMILES string of the molecule is CC(Nc1nc2nccn2c2cnc(OC3CCOC3)cc12)[C@@]1(C)C=CC=C(C#N)C1. The number of hydrogen-bond acceptors (Lipinski definition) is 7. The maximum absolute atomic E-state index is 9.35. The molecule has 0 aromatic carbocycles. The van der Waals surface area contributed by atoms with Gasteiger partial charge in [0.25, 0.3) is 0 Å². The van der Waals surface area contributed by atoms with Crippen molar-refractivity contribution in [2.75, 3.05) is 18.5 Å². The fourth-order valence-corrected chi connectivity index (χ4v) is 4.14. The summed E-state index contributed by atoms with van der Waals surface area (Å²) in [6.45, 7) is 5.56. The van der Waals surface area contributed by atoms with Crippen LogP contribution < -0.4 is 10.1 Å². The Morgan fingerprint density at radius 1 is 1.42 bits per heavy atom. The fraction of sp³-hybridized carbons (Fsp3) is 0.391. The molecule has 8 heteroatoms. The number of fused-ring (bicyclic) bond motifs is 3. The van der Waals surface area contributed by atoms with Gasteiger partial charge in [-0.2, -0.15) is 10.2 Å². The number of rotatable bonds is 5. The number of aromatic nitrogens is 4. The Labute approximate surface area is 180 Å². The van der Waals surface area contributed by atoms with E-state index in [0.29, 0.717) is 31.3 Å². The number of nitrogens with zero attached hydrogens (tertiary/aromatic N) is 5. The van der Waals surface area contributed by atoms with Crippen LogP contribution in [0.5, 0.6) is 5.88 Å². The minimum atomic E-state index is -0.219. The molecule has 31 heavy (non-hydrogen) atoms. The molecule has 0 amide bonds. The zero-order valence-electron chi connectivity index (χ0n) is 17.6. The van der Waals surface area contributed by atoms with Crippen LogP contribution in [-0.2, 0) is 4.74 Å². The van der Waals surface area contributed by atoms with Gasteiger partial charge in [0.15, 0.2) is 0 Å². The van der Waals surface area contributed by atoms with Crippen molar-refractivity contribution in [3.63, 3.8) is 0 Å². The van der Waals surface area contributed by atoms with Crippen molar-refractivity contribution < 1.29 is 9.47 Å². The lowest BCUT2D eigenvalue weighted by atomic mass is 9.75. The molecule has 1 fully saturated rings. The molecular weight excluding hydrogens is 392 g/mol. The predicted molar refractivity (Wildman–Crippen MR) is 117 cm³/mol. The zero-order valence-corrected chi connectivity index (χ0v) is 17.6. The van der Waals surface area contributed by atoms with Gasteiger partial charge in [-0.1, -0.05) is 19.1 Å². The van der Waals surface area contributed by atoms with Gasteiger partial charge >= 0.3 is 0 Å². The number of ether oxygens (including phenoxy) is 2. The van der Waals surface area contributed by atoms with E-state index in [4.69, 9.17) is 14.5 Å². The summed E-state index contributed by atoms with van der Waals surface area (Å²) >= 11 is 0. The first kappa shape index (κ1) is 19.5. The lowest BCUT2D eigenvalue weighted by Gasteiger charge is -2.35. The number of nitriles is 1. The Balaban J connectivity index is 1.52. The third-order valence-corrected chi connectivity index (χ3v) is 6.21. The molecule has 0 bridgehead atoms. The van der Waals surface area contributed by atoms with Crippen LogP contribution in [0.3, 0.4) is 0 Å². The van der Waals surface area contributed by atoms with Gasteiger partial charge in [0.1, 0.15) is 11.9 Å². The van der Waals surface area contributed by atoms with Gasteiger partial charge in [-0.15, -0.1) is 0 Å². The summed E-state index contributed by atoms with van der Waals surface area (Å²) in [5, 5.41) is 13.8. The molecule has 158 valence electrons. The Morgan fingerprint density at radius 3 is 3.13 bits per heavy atom. The smallest absolute Gasteiger partial charge is 0.236 e. The van der Waals surface area contributed by atoms with E-state index in [1.165, 1.54) is 0 Å². The predicted octanol–water partition coefficient (Wildman–Crippen LogP) is 3.66. The topological polar surface area (TPSA) is 97.4 Å². The summed E-state index contributed by atoms with van der Waals surface area (Å²) in [6, 6.07) is 4.24. The van der Waals surface area contributed by atoms with E-state index in [2.05, 4.69) is 41.3 Å². The molecule has 3 aromatic heterocycles. The van der Waals surface area contributed by atoms with E-state index in [9.17, 15) is 5.26 Å². The molecule has 1 aliphatic carbocycles. The molecular formula is C23H24N6O2. The minimum Gasteiger partial charge on any atom is -0.472 e. The highest BCUT2D eigenvalue weighted by Gasteiger charge is 2.32. The summed E-state index contributed by atoms with van der Waals surface area (Å²) in [4.78, 5) is 13.6. The van der Waals surface area contributed by atoms with E-state index in [1.807, 2.05) is 28.8 Å². The van der Waals surface area contributed by atoms with Crippen LogP contribution in [0, 0.1) is 16.7 Å². The average molecular weight is 416 g/mol. The molecule has 1 saturated heterocycles. The van der Waals surface area contributed by atoms with Crippen molar-refractivity contribution in [2.45, 2.75) is 38.8 Å². The first-order valence-corrected chi connectivity index (χ1v) is 10.5. The molecule has 3 atom stereocenters. The summed E-state index contributed by atoms with van der Waals surface area (Å²) in [5.74, 6) is 1.88. The van der Waals surface area contributed by atoms with Crippen LogP contribution in [0.1, 0.15) is 26.7 Å². The Hall–Kier alpha value is -3.44. The molecule has 0 radical (unpaired) electrons. The Kier molecular flexibility index (Phi) is 4.83. The lowest BCUT2D eigenvalue weighted by molar-refractivity contribution is 0.138. The highest BCUT2D eigenvalue weighted by molar-refractivity contribution is 5.91. The Morgan fingerprint density at radius 2 is 2.32 bits per heavy atom. The van der Waals surface area contributed by atoms with E-state index in [0.717, 1.165) is 28.7 Å². The minimum absolute atomic E-state index is 0.0210. The number of pyridine rings is 1. The van der Waals surface area contributed by atoms with Gasteiger partial charge in [0.05, 0.1) is 31.0 Å². The van der Waals surface area contributed by atoms with E-state index >= 15 is 0 Å². The first-order valence-electron chi connectivity index (χ1n) is 10.5. The fourth-order valence-electron chi connectivity index (χ4n) is 4.14. The highest BCUT2D eigenvalue weighted by Crippen LogP contribution is 2.37. The van der Waals surface area contributed by atoms with Crippen LogP contribution >= 0.6 is 0 Å². The number of imidazole rings is 1. The molecule has 2 aliphatic rings. The third-order valence-electron chi connectivity index (χ3n) is 6.21. The van der Waals surface area contributed by atoms with Gasteiger partial charge in [-0.25, -0.2) is 9.97 Å². The number of nitrogens with one attached hydrogen (secondary N) is 1. The quantitative estimate of drug-likeness (QED) is 0.678. The standard InChI is InChI=1S/C23H24N6O2/c1-15(23(2)6-3-4-16(11-23)12-24)27-21-18-10-20(31-17-5-9-30-14-17)26-13-19(18)29-8-7-25-22(29)28-21/h3-4,6-8,10,13,15,17H,5,9,11,14H2,1-2H3,(H,25,27,28)/t15?,17?,23-/m0/s1. The molecule has 3 aromatic rings. The first-order chi connectivity index (χ1) is 15.1. The Bertz CT molecular complexity index is 1230. The van der Waals surface area contributed by atoms with Gasteiger partial charge in [0.2, 0.25) is 11.7 Å². The molecule has 8 nitrogen and oxygen atoms in total. The molecule has 0 spiro atoms. The largest absolute Gasteiger partial charge is 0.472 e. The summed E-state index contributed by atoms with van der Waals surface area (Å²) in [6.07, 6.45) is 12.9. The zero-order chi connectivity index (χ0) is 21.4. The van der Waals surface area contributed by atoms with Crippen molar-refractivity contribution in [3.05, 3.63) is 48.5 Å². The van der Waals surface area contributed by atoms with Gasteiger partial charge < -0.3 is 14.8 Å².